The fraction of sp³-hybridized carbons (Fsp3) is 0.474. The zero-order valence-corrected chi connectivity index (χ0v) is 14.9. The lowest BCUT2D eigenvalue weighted by atomic mass is 10.2. The largest absolute Gasteiger partial charge is 0.334 e. The monoisotopic (exact) mass is 341 g/mol. The second-order valence-corrected chi connectivity index (χ2v) is 6.36. The molecule has 2 aromatic rings. The van der Waals surface area contributed by atoms with Crippen molar-refractivity contribution in [3.63, 3.8) is 0 Å². The van der Waals surface area contributed by atoms with Crippen LogP contribution < -0.4 is 5.32 Å². The predicted molar refractivity (Wildman–Crippen MR) is 98.3 cm³/mol. The molecule has 1 saturated heterocycles. The molecule has 3 rings (SSSR count). The molecule has 6 heteroatoms. The molecule has 2 amide bonds. The summed E-state index contributed by atoms with van der Waals surface area (Å²) in [7, 11) is 0. The van der Waals surface area contributed by atoms with Crippen LogP contribution in [0.1, 0.15) is 18.3 Å². The number of aryl methyl sites for hydroxylation is 1. The average molecular weight is 341 g/mol. The summed E-state index contributed by atoms with van der Waals surface area (Å²) in [4.78, 5) is 21.0. The minimum absolute atomic E-state index is 0.0337. The molecule has 25 heavy (non-hydrogen) atoms. The maximum Gasteiger partial charge on any atom is 0.317 e. The SMILES string of the molecule is CCc1nccn1CCN1CCN(C(=O)NCc2ccccc2)CC1. The van der Waals surface area contributed by atoms with Gasteiger partial charge in [0.05, 0.1) is 0 Å². The summed E-state index contributed by atoms with van der Waals surface area (Å²) in [6.45, 7) is 8.10. The highest BCUT2D eigenvalue weighted by atomic mass is 16.2. The lowest BCUT2D eigenvalue weighted by Gasteiger charge is -2.34. The van der Waals surface area contributed by atoms with Gasteiger partial charge >= 0.3 is 6.03 Å². The van der Waals surface area contributed by atoms with Crippen LogP contribution in [0.25, 0.3) is 0 Å². The summed E-state index contributed by atoms with van der Waals surface area (Å²) in [6.07, 6.45) is 4.88. The van der Waals surface area contributed by atoms with Crippen molar-refractivity contribution in [1.82, 2.24) is 24.7 Å². The maximum atomic E-state index is 12.3. The number of urea groups is 1. The smallest absolute Gasteiger partial charge is 0.317 e. The van der Waals surface area contributed by atoms with Gasteiger partial charge in [0.15, 0.2) is 0 Å². The fourth-order valence-corrected chi connectivity index (χ4v) is 3.17. The number of hydrogen-bond acceptors (Lipinski definition) is 3. The van der Waals surface area contributed by atoms with E-state index >= 15 is 0 Å². The van der Waals surface area contributed by atoms with E-state index in [2.05, 4.69) is 26.7 Å². The summed E-state index contributed by atoms with van der Waals surface area (Å²) in [6, 6.07) is 10.1. The van der Waals surface area contributed by atoms with Gasteiger partial charge in [-0.15, -0.1) is 0 Å². The Hall–Kier alpha value is -2.34. The number of nitrogens with one attached hydrogen (secondary N) is 1. The Morgan fingerprint density at radius 2 is 1.88 bits per heavy atom. The minimum atomic E-state index is 0.0337. The van der Waals surface area contributed by atoms with Crippen molar-refractivity contribution in [2.24, 2.45) is 0 Å². The van der Waals surface area contributed by atoms with Crippen molar-refractivity contribution >= 4 is 6.03 Å². The number of hydrogen-bond donors (Lipinski definition) is 1. The molecule has 0 spiro atoms. The molecule has 6 nitrogen and oxygen atoms in total. The van der Waals surface area contributed by atoms with Crippen LogP contribution >= 0.6 is 0 Å². The van der Waals surface area contributed by atoms with E-state index in [-0.39, 0.29) is 6.03 Å². The molecule has 0 bridgehead atoms. The molecule has 0 aliphatic carbocycles. The van der Waals surface area contributed by atoms with Gasteiger partial charge in [0, 0.05) is 64.6 Å². The van der Waals surface area contributed by atoms with Crippen LogP contribution in [0.5, 0.6) is 0 Å². The zero-order chi connectivity index (χ0) is 17.5. The molecule has 1 aliphatic heterocycles. The number of amides is 2. The molecule has 0 saturated carbocycles. The molecule has 134 valence electrons. The highest BCUT2D eigenvalue weighted by Gasteiger charge is 2.20. The highest BCUT2D eigenvalue weighted by molar-refractivity contribution is 5.74. The van der Waals surface area contributed by atoms with Gasteiger partial charge in [0.25, 0.3) is 0 Å². The Bertz CT molecular complexity index is 661. The van der Waals surface area contributed by atoms with Crippen LogP contribution in [0.15, 0.2) is 42.7 Å². The summed E-state index contributed by atoms with van der Waals surface area (Å²) in [5.74, 6) is 1.14. The molecule has 2 heterocycles. The summed E-state index contributed by atoms with van der Waals surface area (Å²) in [5, 5.41) is 3.01. The van der Waals surface area contributed by atoms with E-state index in [1.807, 2.05) is 47.6 Å². The molecule has 0 unspecified atom stereocenters. The first-order valence-corrected chi connectivity index (χ1v) is 9.05. The second kappa shape index (κ2) is 8.67. The molecular weight excluding hydrogens is 314 g/mol. The number of carbonyl (C=O) groups excluding carboxylic acids is 1. The number of benzene rings is 1. The summed E-state index contributed by atoms with van der Waals surface area (Å²) < 4.78 is 2.22. The van der Waals surface area contributed by atoms with Gasteiger partial charge in [-0.05, 0) is 5.56 Å². The molecular formula is C19H27N5O. The number of aromatic nitrogens is 2. The topological polar surface area (TPSA) is 53.4 Å². The van der Waals surface area contributed by atoms with E-state index in [1.54, 1.807) is 0 Å². The van der Waals surface area contributed by atoms with Crippen LogP contribution in [0, 0.1) is 0 Å². The number of rotatable bonds is 6. The second-order valence-electron chi connectivity index (χ2n) is 6.36. The Kier molecular flexibility index (Phi) is 6.06. The predicted octanol–water partition coefficient (Wildman–Crippen LogP) is 1.97. The third-order valence-electron chi connectivity index (χ3n) is 4.72. The van der Waals surface area contributed by atoms with Crippen molar-refractivity contribution in [1.29, 1.82) is 0 Å². The van der Waals surface area contributed by atoms with Crippen molar-refractivity contribution in [3.05, 3.63) is 54.1 Å². The van der Waals surface area contributed by atoms with Crippen molar-refractivity contribution in [3.8, 4) is 0 Å². The highest BCUT2D eigenvalue weighted by Crippen LogP contribution is 2.05. The first-order chi connectivity index (χ1) is 12.3. The Labute approximate surface area is 149 Å². The first-order valence-electron chi connectivity index (χ1n) is 9.05. The van der Waals surface area contributed by atoms with E-state index in [4.69, 9.17) is 0 Å². The van der Waals surface area contributed by atoms with E-state index < -0.39 is 0 Å². The van der Waals surface area contributed by atoms with Crippen LogP contribution in [0.2, 0.25) is 0 Å². The van der Waals surface area contributed by atoms with Crippen molar-refractivity contribution < 1.29 is 4.79 Å². The summed E-state index contributed by atoms with van der Waals surface area (Å²) >= 11 is 0. The lowest BCUT2D eigenvalue weighted by Crippen LogP contribution is -2.52. The van der Waals surface area contributed by atoms with Crippen molar-refractivity contribution in [2.45, 2.75) is 26.4 Å². The van der Waals surface area contributed by atoms with E-state index in [1.165, 1.54) is 0 Å². The molecule has 1 aromatic carbocycles. The Morgan fingerprint density at radius 3 is 2.60 bits per heavy atom. The number of imidazole rings is 1. The van der Waals surface area contributed by atoms with Crippen molar-refractivity contribution in [2.75, 3.05) is 32.7 Å². The molecule has 1 aromatic heterocycles. The molecule has 0 atom stereocenters. The van der Waals surface area contributed by atoms with Gasteiger partial charge in [0.2, 0.25) is 0 Å². The number of piperazine rings is 1. The first kappa shape index (κ1) is 17.5. The van der Waals surface area contributed by atoms with E-state index in [0.29, 0.717) is 6.54 Å². The molecule has 1 aliphatic rings. The fourth-order valence-electron chi connectivity index (χ4n) is 3.17. The standard InChI is InChI=1S/C19H27N5O/c1-2-18-20-8-9-23(18)13-10-22-11-14-24(15-12-22)19(25)21-16-17-6-4-3-5-7-17/h3-9H,2,10-16H2,1H3,(H,21,25). The van der Waals surface area contributed by atoms with Gasteiger partial charge in [-0.1, -0.05) is 37.3 Å². The quantitative estimate of drug-likeness (QED) is 0.874. The van der Waals surface area contributed by atoms with Gasteiger partial charge in [-0.3, -0.25) is 4.90 Å². The van der Waals surface area contributed by atoms with Gasteiger partial charge in [0.1, 0.15) is 5.82 Å². The zero-order valence-electron chi connectivity index (χ0n) is 14.9. The lowest BCUT2D eigenvalue weighted by molar-refractivity contribution is 0.136. The van der Waals surface area contributed by atoms with Crippen LogP contribution in [-0.2, 0) is 19.5 Å². The third-order valence-corrected chi connectivity index (χ3v) is 4.72. The third kappa shape index (κ3) is 4.82. The van der Waals surface area contributed by atoms with Crippen LogP contribution in [0.3, 0.4) is 0 Å². The molecule has 1 fully saturated rings. The van der Waals surface area contributed by atoms with E-state index in [0.717, 1.165) is 57.1 Å². The summed E-state index contributed by atoms with van der Waals surface area (Å²) in [5.41, 5.74) is 1.13. The van der Waals surface area contributed by atoms with Crippen LogP contribution in [-0.4, -0.2) is 58.1 Å². The van der Waals surface area contributed by atoms with Crippen LogP contribution in [0.4, 0.5) is 4.79 Å². The van der Waals surface area contributed by atoms with E-state index in [9.17, 15) is 4.79 Å². The Morgan fingerprint density at radius 1 is 1.12 bits per heavy atom. The Balaban J connectivity index is 1.38. The molecule has 0 radical (unpaired) electrons. The maximum absolute atomic E-state index is 12.3. The minimum Gasteiger partial charge on any atom is -0.334 e. The van der Waals surface area contributed by atoms with Gasteiger partial charge < -0.3 is 14.8 Å². The normalized spacial score (nSPS) is 15.3. The number of nitrogens with zero attached hydrogens (tertiary/aromatic N) is 4. The average Bonchev–Trinajstić information content (AvgIpc) is 3.13. The number of carbonyl (C=O) groups is 1. The molecule has 1 N–H and O–H groups in total. The van der Waals surface area contributed by atoms with Gasteiger partial charge in [-0.2, -0.15) is 0 Å². The van der Waals surface area contributed by atoms with Gasteiger partial charge in [-0.25, -0.2) is 9.78 Å².